The maximum absolute atomic E-state index is 12.2. The first kappa shape index (κ1) is 15.9. The van der Waals surface area contributed by atoms with Crippen LogP contribution in [0.1, 0.15) is 25.7 Å². The lowest BCUT2D eigenvalue weighted by Crippen LogP contribution is -2.20. The van der Waals surface area contributed by atoms with Crippen LogP contribution in [-0.4, -0.2) is 19.3 Å². The van der Waals surface area contributed by atoms with E-state index in [-0.39, 0.29) is 16.7 Å². The highest BCUT2D eigenvalue weighted by molar-refractivity contribution is 7.93. The fourth-order valence-corrected chi connectivity index (χ4v) is 4.39. The number of aromatic nitrogens is 1. The van der Waals surface area contributed by atoms with Gasteiger partial charge in [-0.15, -0.1) is 11.3 Å². The van der Waals surface area contributed by atoms with Crippen LogP contribution in [0.25, 0.3) is 0 Å². The highest BCUT2D eigenvalue weighted by atomic mass is 32.2. The summed E-state index contributed by atoms with van der Waals surface area (Å²) in [5, 5.41) is 4.86. The Kier molecular flexibility index (Phi) is 4.63. The first-order valence-corrected chi connectivity index (χ1v) is 9.74. The van der Waals surface area contributed by atoms with Gasteiger partial charge in [0.1, 0.15) is 0 Å². The average molecular weight is 351 g/mol. The second-order valence-corrected chi connectivity index (χ2v) is 8.01. The van der Waals surface area contributed by atoms with Gasteiger partial charge in [0.15, 0.2) is 5.13 Å². The molecule has 0 radical (unpaired) electrons. The normalized spacial score (nSPS) is 15.5. The Bertz CT molecular complexity index is 765. The molecular weight excluding hydrogens is 334 g/mol. The van der Waals surface area contributed by atoms with Gasteiger partial charge in [0, 0.05) is 23.2 Å². The maximum atomic E-state index is 12.2. The third-order valence-electron chi connectivity index (χ3n) is 3.81. The van der Waals surface area contributed by atoms with E-state index >= 15 is 0 Å². The molecule has 0 aliphatic heterocycles. The third-order valence-corrected chi connectivity index (χ3v) is 5.98. The standard InChI is InChI=1S/C15H17N3O3S2/c19-14(11-3-1-2-4-11)17-12-5-7-13(8-6-12)23(20,21)18-15-16-9-10-22-15/h5-11H,1-4H2,(H,16,18)(H,17,19). The molecule has 2 N–H and O–H groups in total. The van der Waals surface area contributed by atoms with Crippen LogP contribution < -0.4 is 10.0 Å². The highest BCUT2D eigenvalue weighted by Gasteiger charge is 2.22. The monoisotopic (exact) mass is 351 g/mol. The van der Waals surface area contributed by atoms with Crippen molar-refractivity contribution in [3.05, 3.63) is 35.8 Å². The Morgan fingerprint density at radius 3 is 2.48 bits per heavy atom. The van der Waals surface area contributed by atoms with Gasteiger partial charge in [-0.3, -0.25) is 9.52 Å². The fourth-order valence-electron chi connectivity index (χ4n) is 2.60. The van der Waals surface area contributed by atoms with E-state index in [9.17, 15) is 13.2 Å². The molecule has 1 aliphatic rings. The Balaban J connectivity index is 1.67. The Morgan fingerprint density at radius 2 is 1.87 bits per heavy atom. The summed E-state index contributed by atoms with van der Waals surface area (Å²) in [5.74, 6) is 0.0870. The van der Waals surface area contributed by atoms with E-state index in [4.69, 9.17) is 0 Å². The summed E-state index contributed by atoms with van der Waals surface area (Å²) >= 11 is 1.21. The molecule has 0 unspecified atom stereocenters. The molecule has 1 amide bonds. The number of sulfonamides is 1. The second kappa shape index (κ2) is 6.67. The molecule has 1 fully saturated rings. The minimum absolute atomic E-state index is 0.0130. The van der Waals surface area contributed by atoms with E-state index < -0.39 is 10.0 Å². The van der Waals surface area contributed by atoms with E-state index in [0.29, 0.717) is 10.8 Å². The highest BCUT2D eigenvalue weighted by Crippen LogP contribution is 2.26. The van der Waals surface area contributed by atoms with Crippen LogP contribution in [0, 0.1) is 5.92 Å². The van der Waals surface area contributed by atoms with Crippen molar-refractivity contribution in [1.29, 1.82) is 0 Å². The van der Waals surface area contributed by atoms with Gasteiger partial charge >= 0.3 is 0 Å². The van der Waals surface area contributed by atoms with Crippen molar-refractivity contribution < 1.29 is 13.2 Å². The molecule has 0 saturated heterocycles. The molecule has 0 atom stereocenters. The van der Waals surface area contributed by atoms with Gasteiger partial charge in [0.25, 0.3) is 10.0 Å². The number of nitrogens with one attached hydrogen (secondary N) is 2. The first-order chi connectivity index (χ1) is 11.0. The molecule has 0 spiro atoms. The van der Waals surface area contributed by atoms with Gasteiger partial charge in [0.05, 0.1) is 4.90 Å². The molecule has 1 heterocycles. The molecule has 3 rings (SSSR count). The van der Waals surface area contributed by atoms with Crippen molar-refractivity contribution in [1.82, 2.24) is 4.98 Å². The fraction of sp³-hybridized carbons (Fsp3) is 0.333. The Hall–Kier alpha value is -1.93. The number of rotatable bonds is 5. The molecule has 8 heteroatoms. The van der Waals surface area contributed by atoms with Gasteiger partial charge in [-0.2, -0.15) is 0 Å². The van der Waals surface area contributed by atoms with E-state index in [2.05, 4.69) is 15.0 Å². The van der Waals surface area contributed by atoms with Crippen molar-refractivity contribution in [3.63, 3.8) is 0 Å². The van der Waals surface area contributed by atoms with Gasteiger partial charge < -0.3 is 5.32 Å². The summed E-state index contributed by atoms with van der Waals surface area (Å²) in [7, 11) is -3.66. The van der Waals surface area contributed by atoms with Crippen molar-refractivity contribution in [2.75, 3.05) is 10.0 Å². The number of carbonyl (C=O) groups excluding carboxylic acids is 1. The first-order valence-electron chi connectivity index (χ1n) is 7.38. The average Bonchev–Trinajstić information content (AvgIpc) is 3.20. The van der Waals surface area contributed by atoms with Crippen LogP contribution in [0.3, 0.4) is 0 Å². The molecule has 0 bridgehead atoms. The van der Waals surface area contributed by atoms with Gasteiger partial charge in [-0.25, -0.2) is 13.4 Å². The lowest BCUT2D eigenvalue weighted by molar-refractivity contribution is -0.119. The molecule has 6 nitrogen and oxygen atoms in total. The number of thiazole rings is 1. The summed E-state index contributed by atoms with van der Waals surface area (Å²) in [6.07, 6.45) is 5.58. The second-order valence-electron chi connectivity index (χ2n) is 5.44. The van der Waals surface area contributed by atoms with E-state index in [1.807, 2.05) is 0 Å². The van der Waals surface area contributed by atoms with Gasteiger partial charge in [-0.05, 0) is 37.1 Å². The zero-order valence-electron chi connectivity index (χ0n) is 12.4. The molecule has 23 heavy (non-hydrogen) atoms. The summed E-state index contributed by atoms with van der Waals surface area (Å²) in [6, 6.07) is 6.15. The molecule has 122 valence electrons. The van der Waals surface area contributed by atoms with Crippen molar-refractivity contribution in [2.24, 2.45) is 5.92 Å². The lowest BCUT2D eigenvalue weighted by atomic mass is 10.1. The molecule has 1 aromatic carbocycles. The topological polar surface area (TPSA) is 88.2 Å². The minimum atomic E-state index is -3.66. The molecule has 1 aliphatic carbocycles. The zero-order valence-corrected chi connectivity index (χ0v) is 14.0. The number of hydrogen-bond donors (Lipinski definition) is 2. The van der Waals surface area contributed by atoms with Crippen LogP contribution in [0.2, 0.25) is 0 Å². The van der Waals surface area contributed by atoms with E-state index in [1.165, 1.54) is 29.7 Å². The maximum Gasteiger partial charge on any atom is 0.263 e. The summed E-state index contributed by atoms with van der Waals surface area (Å²) in [6.45, 7) is 0. The van der Waals surface area contributed by atoms with Crippen molar-refractivity contribution in [2.45, 2.75) is 30.6 Å². The lowest BCUT2D eigenvalue weighted by Gasteiger charge is -2.11. The summed E-state index contributed by atoms with van der Waals surface area (Å²) < 4.78 is 26.8. The number of hydrogen-bond acceptors (Lipinski definition) is 5. The number of nitrogens with zero attached hydrogens (tertiary/aromatic N) is 1. The predicted molar refractivity (Wildman–Crippen MR) is 90.0 cm³/mol. The Labute approximate surface area is 139 Å². The van der Waals surface area contributed by atoms with Crippen molar-refractivity contribution >= 4 is 38.1 Å². The minimum Gasteiger partial charge on any atom is -0.326 e. The van der Waals surface area contributed by atoms with E-state index in [0.717, 1.165) is 25.7 Å². The summed E-state index contributed by atoms with van der Waals surface area (Å²) in [4.78, 5) is 16.1. The number of amides is 1. The predicted octanol–water partition coefficient (Wildman–Crippen LogP) is 3.07. The van der Waals surface area contributed by atoms with E-state index in [1.54, 1.807) is 17.5 Å². The van der Waals surface area contributed by atoms with Crippen LogP contribution in [0.4, 0.5) is 10.8 Å². The summed E-state index contributed by atoms with van der Waals surface area (Å²) in [5.41, 5.74) is 0.607. The largest absolute Gasteiger partial charge is 0.326 e. The zero-order chi connectivity index (χ0) is 16.3. The third kappa shape index (κ3) is 3.89. The molecule has 1 aromatic heterocycles. The quantitative estimate of drug-likeness (QED) is 0.866. The molecule has 1 saturated carbocycles. The smallest absolute Gasteiger partial charge is 0.263 e. The number of benzene rings is 1. The van der Waals surface area contributed by atoms with Gasteiger partial charge in [-0.1, -0.05) is 12.8 Å². The SMILES string of the molecule is O=C(Nc1ccc(S(=O)(=O)Nc2nccs2)cc1)C1CCCC1. The number of carbonyl (C=O) groups is 1. The van der Waals surface area contributed by atoms with Crippen LogP contribution >= 0.6 is 11.3 Å². The van der Waals surface area contributed by atoms with Crippen LogP contribution in [-0.2, 0) is 14.8 Å². The molecule has 2 aromatic rings. The van der Waals surface area contributed by atoms with Crippen molar-refractivity contribution in [3.8, 4) is 0 Å². The van der Waals surface area contributed by atoms with Crippen LogP contribution in [0.5, 0.6) is 0 Å². The molecular formula is C15H17N3O3S2. The van der Waals surface area contributed by atoms with Gasteiger partial charge in [0.2, 0.25) is 5.91 Å². The van der Waals surface area contributed by atoms with Crippen LogP contribution in [0.15, 0.2) is 40.7 Å². The number of anilines is 2. The Morgan fingerprint density at radius 1 is 1.17 bits per heavy atom.